The van der Waals surface area contributed by atoms with E-state index >= 15 is 0 Å². The number of carbonyl (C=O) groups excluding carboxylic acids is 1. The fraction of sp³-hybridized carbons (Fsp3) is 0.348. The van der Waals surface area contributed by atoms with Crippen molar-refractivity contribution in [3.05, 3.63) is 58.7 Å². The molecule has 5 nitrogen and oxygen atoms in total. The van der Waals surface area contributed by atoms with Gasteiger partial charge in [-0.25, -0.2) is 0 Å². The standard InChI is InChI=1S/C23H25ClN2O3/c1-14(2)12-26-23(27)11-17(15-3-6-21-22(9-15)29-8-7-28-21)19-13-25-20-5-4-16(24)10-18(19)20/h3-6,9-10,13-14,17,25H,7-8,11-12H2,1-2H3,(H,26,27)/t17-/m1/s1. The molecular formula is C23H25ClN2O3. The van der Waals surface area contributed by atoms with E-state index in [0.717, 1.165) is 33.5 Å². The number of H-pyrrole nitrogens is 1. The van der Waals surface area contributed by atoms with E-state index in [4.69, 9.17) is 21.1 Å². The van der Waals surface area contributed by atoms with Crippen LogP contribution in [0.4, 0.5) is 0 Å². The molecule has 1 atom stereocenters. The van der Waals surface area contributed by atoms with Crippen LogP contribution in [0.2, 0.25) is 5.02 Å². The molecule has 0 bridgehead atoms. The largest absolute Gasteiger partial charge is 0.486 e. The third kappa shape index (κ3) is 4.35. The lowest BCUT2D eigenvalue weighted by Crippen LogP contribution is -2.28. The summed E-state index contributed by atoms with van der Waals surface area (Å²) in [6, 6.07) is 11.7. The summed E-state index contributed by atoms with van der Waals surface area (Å²) in [5, 5.41) is 4.73. The normalized spacial score (nSPS) is 14.2. The first-order chi connectivity index (χ1) is 14.0. The summed E-state index contributed by atoms with van der Waals surface area (Å²) in [4.78, 5) is 16.0. The summed E-state index contributed by atoms with van der Waals surface area (Å²) < 4.78 is 11.4. The first kappa shape index (κ1) is 19.6. The zero-order valence-electron chi connectivity index (χ0n) is 16.6. The van der Waals surface area contributed by atoms with Crippen LogP contribution < -0.4 is 14.8 Å². The second kappa shape index (κ2) is 8.37. The number of aromatic nitrogens is 1. The predicted molar refractivity (Wildman–Crippen MR) is 115 cm³/mol. The molecule has 4 rings (SSSR count). The molecule has 0 unspecified atom stereocenters. The van der Waals surface area contributed by atoms with Gasteiger partial charge in [0.15, 0.2) is 11.5 Å². The molecule has 1 aliphatic heterocycles. The summed E-state index contributed by atoms with van der Waals surface area (Å²) in [6.45, 7) is 5.90. The summed E-state index contributed by atoms with van der Waals surface area (Å²) >= 11 is 6.25. The minimum atomic E-state index is -0.134. The van der Waals surface area contributed by atoms with Crippen molar-refractivity contribution in [2.45, 2.75) is 26.2 Å². The molecule has 2 aromatic carbocycles. The minimum absolute atomic E-state index is 0.0231. The van der Waals surface area contributed by atoms with Crippen molar-refractivity contribution in [3.63, 3.8) is 0 Å². The lowest BCUT2D eigenvalue weighted by molar-refractivity contribution is -0.121. The highest BCUT2D eigenvalue weighted by Gasteiger charge is 2.24. The molecule has 1 aromatic heterocycles. The highest BCUT2D eigenvalue weighted by Crippen LogP contribution is 2.39. The molecule has 0 spiro atoms. The Labute approximate surface area is 175 Å². The SMILES string of the molecule is CC(C)CNC(=O)C[C@H](c1ccc2c(c1)OCCO2)c1c[nH]c2ccc(Cl)cc12. The fourth-order valence-electron chi connectivity index (χ4n) is 3.66. The number of aromatic amines is 1. The maximum absolute atomic E-state index is 12.7. The molecule has 3 aromatic rings. The van der Waals surface area contributed by atoms with E-state index < -0.39 is 0 Å². The molecule has 1 aliphatic rings. The Hall–Kier alpha value is -2.66. The second-order valence-electron chi connectivity index (χ2n) is 7.79. The molecule has 0 saturated carbocycles. The van der Waals surface area contributed by atoms with E-state index in [9.17, 15) is 4.79 Å². The monoisotopic (exact) mass is 412 g/mol. The van der Waals surface area contributed by atoms with Crippen LogP contribution in [-0.2, 0) is 4.79 Å². The molecule has 1 amide bonds. The first-order valence-corrected chi connectivity index (χ1v) is 10.3. The molecule has 0 fully saturated rings. The van der Waals surface area contributed by atoms with Crippen molar-refractivity contribution in [1.29, 1.82) is 0 Å². The number of amides is 1. The van der Waals surface area contributed by atoms with Crippen LogP contribution in [0.5, 0.6) is 11.5 Å². The molecule has 29 heavy (non-hydrogen) atoms. The Balaban J connectivity index is 1.72. The van der Waals surface area contributed by atoms with Gasteiger partial charge in [-0.1, -0.05) is 31.5 Å². The van der Waals surface area contributed by atoms with Crippen molar-refractivity contribution in [3.8, 4) is 11.5 Å². The number of hydrogen-bond acceptors (Lipinski definition) is 3. The third-order valence-corrected chi connectivity index (χ3v) is 5.35. The maximum atomic E-state index is 12.7. The summed E-state index contributed by atoms with van der Waals surface area (Å²) in [7, 11) is 0. The second-order valence-corrected chi connectivity index (χ2v) is 8.23. The molecule has 2 heterocycles. The quantitative estimate of drug-likeness (QED) is 0.606. The number of halogens is 1. The molecule has 2 N–H and O–H groups in total. The van der Waals surface area contributed by atoms with Crippen LogP contribution in [0.1, 0.15) is 37.3 Å². The van der Waals surface area contributed by atoms with Gasteiger partial charge < -0.3 is 19.8 Å². The molecular weight excluding hydrogens is 388 g/mol. The smallest absolute Gasteiger partial charge is 0.220 e. The van der Waals surface area contributed by atoms with Crippen molar-refractivity contribution < 1.29 is 14.3 Å². The molecule has 6 heteroatoms. The van der Waals surface area contributed by atoms with Crippen LogP contribution in [0.15, 0.2) is 42.6 Å². The minimum Gasteiger partial charge on any atom is -0.486 e. The summed E-state index contributed by atoms with van der Waals surface area (Å²) in [5.74, 6) is 1.75. The van der Waals surface area contributed by atoms with Gasteiger partial charge in [-0.3, -0.25) is 4.79 Å². The lowest BCUT2D eigenvalue weighted by Gasteiger charge is -2.22. The zero-order valence-corrected chi connectivity index (χ0v) is 17.4. The van der Waals surface area contributed by atoms with E-state index in [-0.39, 0.29) is 11.8 Å². The zero-order chi connectivity index (χ0) is 20.4. The fourth-order valence-corrected chi connectivity index (χ4v) is 3.83. The Morgan fingerprint density at radius 2 is 1.93 bits per heavy atom. The van der Waals surface area contributed by atoms with E-state index in [1.54, 1.807) is 0 Å². The van der Waals surface area contributed by atoms with Crippen molar-refractivity contribution in [1.82, 2.24) is 10.3 Å². The topological polar surface area (TPSA) is 63.4 Å². The van der Waals surface area contributed by atoms with Gasteiger partial charge in [0, 0.05) is 41.0 Å². The van der Waals surface area contributed by atoms with Crippen molar-refractivity contribution in [2.24, 2.45) is 5.92 Å². The number of hydrogen-bond donors (Lipinski definition) is 2. The van der Waals surface area contributed by atoms with Gasteiger partial charge in [0.2, 0.25) is 5.91 Å². The van der Waals surface area contributed by atoms with Crippen LogP contribution >= 0.6 is 11.6 Å². The number of carbonyl (C=O) groups is 1. The Morgan fingerprint density at radius 3 is 2.72 bits per heavy atom. The van der Waals surface area contributed by atoms with Crippen LogP contribution in [0, 0.1) is 5.92 Å². The third-order valence-electron chi connectivity index (χ3n) is 5.12. The van der Waals surface area contributed by atoms with Crippen LogP contribution in [-0.4, -0.2) is 30.6 Å². The highest BCUT2D eigenvalue weighted by atomic mass is 35.5. The Morgan fingerprint density at radius 1 is 1.14 bits per heavy atom. The maximum Gasteiger partial charge on any atom is 0.220 e. The van der Waals surface area contributed by atoms with E-state index in [1.165, 1.54) is 0 Å². The molecule has 0 saturated heterocycles. The number of benzene rings is 2. The average molecular weight is 413 g/mol. The van der Waals surface area contributed by atoms with Gasteiger partial charge in [0.05, 0.1) is 0 Å². The molecule has 0 radical (unpaired) electrons. The van der Waals surface area contributed by atoms with Crippen molar-refractivity contribution in [2.75, 3.05) is 19.8 Å². The van der Waals surface area contributed by atoms with E-state index in [0.29, 0.717) is 37.1 Å². The number of fused-ring (bicyclic) bond motifs is 2. The predicted octanol–water partition coefficient (Wildman–Crippen LogP) is 4.89. The number of ether oxygens (including phenoxy) is 2. The Bertz CT molecular complexity index is 1030. The number of nitrogens with one attached hydrogen (secondary N) is 2. The summed E-state index contributed by atoms with van der Waals surface area (Å²) in [6.07, 6.45) is 2.31. The summed E-state index contributed by atoms with van der Waals surface area (Å²) in [5.41, 5.74) is 3.04. The number of rotatable bonds is 6. The van der Waals surface area contributed by atoms with E-state index in [1.807, 2.05) is 42.6 Å². The van der Waals surface area contributed by atoms with Crippen LogP contribution in [0.3, 0.4) is 0 Å². The molecule has 0 aliphatic carbocycles. The van der Waals surface area contributed by atoms with Crippen LogP contribution in [0.25, 0.3) is 10.9 Å². The Kier molecular flexibility index (Phi) is 5.67. The van der Waals surface area contributed by atoms with Gasteiger partial charge in [0.25, 0.3) is 0 Å². The molecule has 152 valence electrons. The van der Waals surface area contributed by atoms with Gasteiger partial charge in [-0.15, -0.1) is 0 Å². The highest BCUT2D eigenvalue weighted by molar-refractivity contribution is 6.31. The van der Waals surface area contributed by atoms with Gasteiger partial charge in [-0.2, -0.15) is 0 Å². The van der Waals surface area contributed by atoms with Crippen molar-refractivity contribution >= 4 is 28.4 Å². The lowest BCUT2D eigenvalue weighted by atomic mass is 9.87. The van der Waals surface area contributed by atoms with Gasteiger partial charge in [-0.05, 0) is 47.4 Å². The van der Waals surface area contributed by atoms with Gasteiger partial charge in [0.1, 0.15) is 13.2 Å². The first-order valence-electron chi connectivity index (χ1n) is 9.94. The average Bonchev–Trinajstić information content (AvgIpc) is 3.13. The van der Waals surface area contributed by atoms with Gasteiger partial charge >= 0.3 is 0 Å². The van der Waals surface area contributed by atoms with E-state index in [2.05, 4.69) is 24.1 Å².